The van der Waals surface area contributed by atoms with E-state index in [1.165, 1.54) is 10.4 Å². The Bertz CT molecular complexity index is 870. The van der Waals surface area contributed by atoms with Crippen LogP contribution in [0.2, 0.25) is 0 Å². The molecule has 144 valence electrons. The molecule has 0 amide bonds. The van der Waals surface area contributed by atoms with Gasteiger partial charge in [-0.3, -0.25) is 4.99 Å². The molecule has 2 N–H and O–H groups in total. The predicted octanol–water partition coefficient (Wildman–Crippen LogP) is 4.08. The number of benzene rings is 1. The predicted molar refractivity (Wildman–Crippen MR) is 125 cm³/mol. The fourth-order valence-corrected chi connectivity index (χ4v) is 3.61. The molecule has 0 saturated heterocycles. The lowest BCUT2D eigenvalue weighted by molar-refractivity contribution is 0.777. The Morgan fingerprint density at radius 2 is 1.96 bits per heavy atom. The molecule has 3 aromatic rings. The molecular weight excluding hydrogens is 469 g/mol. The molecule has 0 radical (unpaired) electrons. The van der Waals surface area contributed by atoms with Crippen molar-refractivity contribution in [2.45, 2.75) is 26.8 Å². The van der Waals surface area contributed by atoms with Crippen molar-refractivity contribution < 1.29 is 0 Å². The Morgan fingerprint density at radius 1 is 1.15 bits per heavy atom. The van der Waals surface area contributed by atoms with Crippen molar-refractivity contribution in [2.24, 2.45) is 4.99 Å². The minimum absolute atomic E-state index is 0. The molecule has 0 fully saturated rings. The number of para-hydroxylation sites is 1. The summed E-state index contributed by atoms with van der Waals surface area (Å²) in [6, 6.07) is 14.7. The van der Waals surface area contributed by atoms with Crippen LogP contribution in [0.1, 0.15) is 21.8 Å². The average Bonchev–Trinajstić information content (AvgIpc) is 3.27. The lowest BCUT2D eigenvalue weighted by Crippen LogP contribution is -2.38. The van der Waals surface area contributed by atoms with E-state index in [9.17, 15) is 0 Å². The molecule has 0 spiro atoms. The zero-order valence-electron chi connectivity index (χ0n) is 15.9. The molecule has 0 atom stereocenters. The first kappa shape index (κ1) is 21.4. The van der Waals surface area contributed by atoms with Gasteiger partial charge in [-0.05, 0) is 49.4 Å². The van der Waals surface area contributed by atoms with Crippen LogP contribution < -0.4 is 10.6 Å². The van der Waals surface area contributed by atoms with Crippen molar-refractivity contribution in [3.05, 3.63) is 69.7 Å². The van der Waals surface area contributed by atoms with Gasteiger partial charge in [0.25, 0.3) is 0 Å². The lowest BCUT2D eigenvalue weighted by Gasteiger charge is -2.15. The molecule has 2 heterocycles. The number of aliphatic imine (C=N–C) groups is 1. The van der Waals surface area contributed by atoms with Gasteiger partial charge in [-0.25, -0.2) is 4.68 Å². The fraction of sp³-hybridized carbons (Fsp3) is 0.300. The van der Waals surface area contributed by atoms with Crippen molar-refractivity contribution >= 4 is 41.3 Å². The van der Waals surface area contributed by atoms with Crippen molar-refractivity contribution in [1.82, 2.24) is 20.4 Å². The highest BCUT2D eigenvalue weighted by Crippen LogP contribution is 2.16. The van der Waals surface area contributed by atoms with E-state index in [2.05, 4.69) is 69.4 Å². The van der Waals surface area contributed by atoms with Gasteiger partial charge < -0.3 is 10.6 Å². The van der Waals surface area contributed by atoms with Crippen molar-refractivity contribution in [3.8, 4) is 5.69 Å². The minimum atomic E-state index is 0. The maximum absolute atomic E-state index is 4.61. The number of rotatable bonds is 6. The van der Waals surface area contributed by atoms with Gasteiger partial charge >= 0.3 is 0 Å². The van der Waals surface area contributed by atoms with Crippen molar-refractivity contribution in [2.75, 3.05) is 13.6 Å². The van der Waals surface area contributed by atoms with Crippen LogP contribution in [0.4, 0.5) is 0 Å². The number of aromatic nitrogens is 2. The molecule has 0 aliphatic heterocycles. The molecule has 0 unspecified atom stereocenters. The zero-order valence-corrected chi connectivity index (χ0v) is 19.0. The highest BCUT2D eigenvalue weighted by Gasteiger charge is 2.09. The van der Waals surface area contributed by atoms with Gasteiger partial charge in [-0.2, -0.15) is 5.10 Å². The van der Waals surface area contributed by atoms with Crippen LogP contribution in [0.15, 0.2) is 52.8 Å². The summed E-state index contributed by atoms with van der Waals surface area (Å²) in [5.41, 5.74) is 4.43. The Morgan fingerprint density at radius 3 is 2.63 bits per heavy atom. The fourth-order valence-electron chi connectivity index (χ4n) is 2.90. The molecule has 0 aliphatic rings. The number of thiophene rings is 1. The number of halogens is 1. The summed E-state index contributed by atoms with van der Waals surface area (Å²) in [5, 5.41) is 13.5. The van der Waals surface area contributed by atoms with E-state index in [-0.39, 0.29) is 24.0 Å². The Labute approximate surface area is 181 Å². The normalized spacial score (nSPS) is 11.1. The molecule has 3 rings (SSSR count). The molecule has 0 aliphatic carbocycles. The summed E-state index contributed by atoms with van der Waals surface area (Å²) in [7, 11) is 1.80. The van der Waals surface area contributed by atoms with Crippen molar-refractivity contribution in [3.63, 3.8) is 0 Å². The van der Waals surface area contributed by atoms with Gasteiger partial charge in [0.15, 0.2) is 5.96 Å². The summed E-state index contributed by atoms with van der Waals surface area (Å²) in [6.45, 7) is 5.64. The summed E-state index contributed by atoms with van der Waals surface area (Å²) in [6.07, 6.45) is 1.00. The third-order valence-electron chi connectivity index (χ3n) is 4.14. The van der Waals surface area contributed by atoms with E-state index >= 15 is 0 Å². The first-order valence-electron chi connectivity index (χ1n) is 8.76. The second-order valence-corrected chi connectivity index (χ2v) is 7.18. The Balaban J connectivity index is 0.00000261. The number of aryl methyl sites for hydroxylation is 2. The monoisotopic (exact) mass is 495 g/mol. The second-order valence-electron chi connectivity index (χ2n) is 6.15. The standard InChI is InChI=1S/C20H25N5S.HI/c1-15-13-16(2)25(24-15)19-9-5-4-7-17(19)14-23-20(21-3)22-11-10-18-8-6-12-26-18;/h4-9,12-13H,10-11,14H2,1-3H3,(H2,21,22,23);1H. The minimum Gasteiger partial charge on any atom is -0.356 e. The maximum atomic E-state index is 4.61. The molecule has 0 bridgehead atoms. The van der Waals surface area contributed by atoms with Crippen molar-refractivity contribution in [1.29, 1.82) is 0 Å². The van der Waals surface area contributed by atoms with E-state index in [1.807, 2.05) is 17.7 Å². The summed E-state index contributed by atoms with van der Waals surface area (Å²) < 4.78 is 2.00. The van der Waals surface area contributed by atoms with Crippen LogP contribution >= 0.6 is 35.3 Å². The lowest BCUT2D eigenvalue weighted by atomic mass is 10.1. The number of nitrogens with one attached hydrogen (secondary N) is 2. The number of guanidine groups is 1. The first-order chi connectivity index (χ1) is 12.7. The van der Waals surface area contributed by atoms with E-state index in [0.717, 1.165) is 36.0 Å². The van der Waals surface area contributed by atoms with E-state index in [4.69, 9.17) is 0 Å². The number of nitrogens with zero attached hydrogens (tertiary/aromatic N) is 3. The SMILES string of the molecule is CN=C(NCCc1cccs1)NCc1ccccc1-n1nc(C)cc1C.I. The Kier molecular flexibility index (Phi) is 8.30. The quantitative estimate of drug-likeness (QED) is 0.308. The van der Waals surface area contributed by atoms with Crippen LogP contribution in [0, 0.1) is 13.8 Å². The van der Waals surface area contributed by atoms with Gasteiger partial charge in [0.1, 0.15) is 0 Å². The summed E-state index contributed by atoms with van der Waals surface area (Å²) in [4.78, 5) is 5.70. The molecule has 27 heavy (non-hydrogen) atoms. The third kappa shape index (κ3) is 5.80. The van der Waals surface area contributed by atoms with Crippen LogP contribution in [0.5, 0.6) is 0 Å². The van der Waals surface area contributed by atoms with Gasteiger partial charge in [-0.15, -0.1) is 35.3 Å². The number of hydrogen-bond donors (Lipinski definition) is 2. The summed E-state index contributed by atoms with van der Waals surface area (Å²) >= 11 is 1.79. The largest absolute Gasteiger partial charge is 0.356 e. The second kappa shape index (κ2) is 10.5. The molecule has 0 saturated carbocycles. The van der Waals surface area contributed by atoms with E-state index in [0.29, 0.717) is 6.54 Å². The van der Waals surface area contributed by atoms with Crippen LogP contribution in [-0.4, -0.2) is 29.3 Å². The summed E-state index contributed by atoms with van der Waals surface area (Å²) in [5.74, 6) is 0.810. The smallest absolute Gasteiger partial charge is 0.191 e. The van der Waals surface area contributed by atoms with Gasteiger partial charge in [0.2, 0.25) is 0 Å². The topological polar surface area (TPSA) is 54.2 Å². The Hall–Kier alpha value is -1.87. The van der Waals surface area contributed by atoms with E-state index < -0.39 is 0 Å². The van der Waals surface area contributed by atoms with Crippen LogP contribution in [-0.2, 0) is 13.0 Å². The third-order valence-corrected chi connectivity index (χ3v) is 5.08. The zero-order chi connectivity index (χ0) is 18.4. The molecule has 5 nitrogen and oxygen atoms in total. The van der Waals surface area contributed by atoms with Crippen LogP contribution in [0.25, 0.3) is 5.69 Å². The first-order valence-corrected chi connectivity index (χ1v) is 9.64. The molecular formula is C20H26IN5S. The maximum Gasteiger partial charge on any atom is 0.191 e. The molecule has 1 aromatic carbocycles. The van der Waals surface area contributed by atoms with Gasteiger partial charge in [-0.1, -0.05) is 24.3 Å². The highest BCUT2D eigenvalue weighted by atomic mass is 127. The molecule has 7 heteroatoms. The average molecular weight is 495 g/mol. The van der Waals surface area contributed by atoms with Gasteiger partial charge in [0.05, 0.1) is 11.4 Å². The molecule has 2 aromatic heterocycles. The van der Waals surface area contributed by atoms with E-state index in [1.54, 1.807) is 18.4 Å². The highest BCUT2D eigenvalue weighted by molar-refractivity contribution is 14.0. The van der Waals surface area contributed by atoms with Gasteiger partial charge in [0, 0.05) is 30.7 Å². The van der Waals surface area contributed by atoms with Crippen LogP contribution in [0.3, 0.4) is 0 Å². The number of hydrogen-bond acceptors (Lipinski definition) is 3.